The summed E-state index contributed by atoms with van der Waals surface area (Å²) in [6.07, 6.45) is 3.40. The van der Waals surface area contributed by atoms with Gasteiger partial charge in [0.1, 0.15) is 0 Å². The molecule has 1 rings (SSSR count). The molecule has 0 aliphatic rings. The molecule has 0 bridgehead atoms. The predicted molar refractivity (Wildman–Crippen MR) is 68.2 cm³/mol. The molecule has 4 heteroatoms. The molecule has 0 aliphatic carbocycles. The standard InChI is InChI=1S/C13H20N2O2/c14-5-1-3-10-7-11(4-2-6-15)9-12(8-10)13(16)17/h7-9H,1-6,14-15H2,(H,16,17). The van der Waals surface area contributed by atoms with Gasteiger partial charge in [0.05, 0.1) is 5.56 Å². The molecular weight excluding hydrogens is 216 g/mol. The van der Waals surface area contributed by atoms with Crippen LogP contribution in [0.3, 0.4) is 0 Å². The van der Waals surface area contributed by atoms with E-state index in [-0.39, 0.29) is 0 Å². The minimum atomic E-state index is -0.881. The number of nitrogens with two attached hydrogens (primary N) is 2. The van der Waals surface area contributed by atoms with Crippen LogP contribution in [0.15, 0.2) is 18.2 Å². The molecule has 1 aromatic rings. The maximum Gasteiger partial charge on any atom is 0.335 e. The van der Waals surface area contributed by atoms with Crippen LogP contribution >= 0.6 is 0 Å². The van der Waals surface area contributed by atoms with Crippen molar-refractivity contribution in [3.63, 3.8) is 0 Å². The van der Waals surface area contributed by atoms with Gasteiger partial charge in [-0.3, -0.25) is 0 Å². The number of aryl methyl sites for hydroxylation is 2. The van der Waals surface area contributed by atoms with Crippen molar-refractivity contribution in [2.24, 2.45) is 11.5 Å². The summed E-state index contributed by atoms with van der Waals surface area (Å²) >= 11 is 0. The van der Waals surface area contributed by atoms with E-state index >= 15 is 0 Å². The fraction of sp³-hybridized carbons (Fsp3) is 0.462. The number of carboxylic acids is 1. The van der Waals surface area contributed by atoms with E-state index in [4.69, 9.17) is 16.6 Å². The third kappa shape index (κ3) is 4.54. The molecular formula is C13H20N2O2. The Morgan fingerprint density at radius 1 is 1.00 bits per heavy atom. The second kappa shape index (κ2) is 7.04. The Morgan fingerprint density at radius 3 is 1.82 bits per heavy atom. The van der Waals surface area contributed by atoms with Crippen molar-refractivity contribution in [3.05, 3.63) is 34.9 Å². The molecule has 0 aromatic heterocycles. The minimum absolute atomic E-state index is 0.353. The Kier molecular flexibility index (Phi) is 5.66. The SMILES string of the molecule is NCCCc1cc(CCCN)cc(C(=O)O)c1. The maximum absolute atomic E-state index is 11.0. The van der Waals surface area contributed by atoms with E-state index in [0.29, 0.717) is 18.7 Å². The second-order valence-corrected chi connectivity index (χ2v) is 4.13. The molecule has 0 saturated carbocycles. The fourth-order valence-corrected chi connectivity index (χ4v) is 1.79. The Morgan fingerprint density at radius 2 is 1.47 bits per heavy atom. The highest BCUT2D eigenvalue weighted by atomic mass is 16.4. The first-order valence-electron chi connectivity index (χ1n) is 5.93. The van der Waals surface area contributed by atoms with Gasteiger partial charge in [-0.15, -0.1) is 0 Å². The van der Waals surface area contributed by atoms with E-state index in [1.165, 1.54) is 0 Å². The average Bonchev–Trinajstić information content (AvgIpc) is 2.33. The Balaban J connectivity index is 2.88. The molecule has 5 N–H and O–H groups in total. The summed E-state index contributed by atoms with van der Waals surface area (Å²) in [6.45, 7) is 1.24. The Hall–Kier alpha value is -1.39. The summed E-state index contributed by atoms with van der Waals surface area (Å²) in [5.74, 6) is -0.881. The first-order valence-corrected chi connectivity index (χ1v) is 5.93. The van der Waals surface area contributed by atoms with Crippen molar-refractivity contribution < 1.29 is 9.90 Å². The lowest BCUT2D eigenvalue weighted by molar-refractivity contribution is 0.0696. The van der Waals surface area contributed by atoms with Gasteiger partial charge in [-0.25, -0.2) is 4.79 Å². The Labute approximate surface area is 102 Å². The number of benzene rings is 1. The molecule has 0 radical (unpaired) electrons. The van der Waals surface area contributed by atoms with E-state index in [2.05, 4.69) is 6.07 Å². The highest BCUT2D eigenvalue weighted by Gasteiger charge is 2.06. The second-order valence-electron chi connectivity index (χ2n) is 4.13. The number of carboxylic acid groups (broad SMARTS) is 1. The quantitative estimate of drug-likeness (QED) is 0.663. The zero-order valence-electron chi connectivity index (χ0n) is 9.98. The van der Waals surface area contributed by atoms with Crippen LogP contribution < -0.4 is 11.5 Å². The van der Waals surface area contributed by atoms with E-state index in [1.807, 2.05) is 0 Å². The number of aromatic carboxylic acids is 1. The average molecular weight is 236 g/mol. The zero-order valence-corrected chi connectivity index (χ0v) is 9.98. The largest absolute Gasteiger partial charge is 0.478 e. The van der Waals surface area contributed by atoms with Crippen LogP contribution in [-0.4, -0.2) is 24.2 Å². The molecule has 0 atom stereocenters. The van der Waals surface area contributed by atoms with E-state index in [9.17, 15) is 4.79 Å². The molecule has 17 heavy (non-hydrogen) atoms. The van der Waals surface area contributed by atoms with Crippen molar-refractivity contribution in [2.75, 3.05) is 13.1 Å². The minimum Gasteiger partial charge on any atom is -0.478 e. The van der Waals surface area contributed by atoms with Crippen molar-refractivity contribution in [1.29, 1.82) is 0 Å². The number of carbonyl (C=O) groups is 1. The fourth-order valence-electron chi connectivity index (χ4n) is 1.79. The molecule has 0 heterocycles. The summed E-state index contributed by atoms with van der Waals surface area (Å²) in [4.78, 5) is 11.0. The predicted octanol–water partition coefficient (Wildman–Crippen LogP) is 1.17. The number of hydrogen-bond acceptors (Lipinski definition) is 3. The summed E-state index contributed by atoms with van der Waals surface area (Å²) in [5, 5.41) is 9.04. The van der Waals surface area contributed by atoms with Gasteiger partial charge >= 0.3 is 5.97 Å². The van der Waals surface area contributed by atoms with Crippen molar-refractivity contribution in [2.45, 2.75) is 25.7 Å². The first kappa shape index (κ1) is 13.7. The lowest BCUT2D eigenvalue weighted by atomic mass is 9.99. The smallest absolute Gasteiger partial charge is 0.335 e. The summed E-state index contributed by atoms with van der Waals surface area (Å²) < 4.78 is 0. The number of hydrogen-bond donors (Lipinski definition) is 3. The van der Waals surface area contributed by atoms with Gasteiger partial charge in [0.15, 0.2) is 0 Å². The van der Waals surface area contributed by atoms with Crippen LogP contribution in [0.2, 0.25) is 0 Å². The molecule has 4 nitrogen and oxygen atoms in total. The van der Waals surface area contributed by atoms with Gasteiger partial charge in [0, 0.05) is 0 Å². The lowest BCUT2D eigenvalue weighted by Crippen LogP contribution is -2.05. The summed E-state index contributed by atoms with van der Waals surface area (Å²) in [6, 6.07) is 5.51. The molecule has 0 amide bonds. The molecule has 0 aliphatic heterocycles. The third-order valence-electron chi connectivity index (χ3n) is 2.64. The molecule has 94 valence electrons. The molecule has 0 fully saturated rings. The molecule has 0 unspecified atom stereocenters. The topological polar surface area (TPSA) is 89.3 Å². The summed E-state index contributed by atoms with van der Waals surface area (Å²) in [7, 11) is 0. The van der Waals surface area contributed by atoms with Crippen molar-refractivity contribution in [1.82, 2.24) is 0 Å². The molecule has 0 saturated heterocycles. The zero-order chi connectivity index (χ0) is 12.7. The van der Waals surface area contributed by atoms with Crippen LogP contribution in [0.1, 0.15) is 34.3 Å². The van der Waals surface area contributed by atoms with Crippen molar-refractivity contribution >= 4 is 5.97 Å². The first-order chi connectivity index (χ1) is 8.17. The van der Waals surface area contributed by atoms with Crippen LogP contribution in [-0.2, 0) is 12.8 Å². The van der Waals surface area contributed by atoms with E-state index < -0.39 is 5.97 Å². The van der Waals surface area contributed by atoms with E-state index in [0.717, 1.165) is 36.8 Å². The normalized spacial score (nSPS) is 10.5. The maximum atomic E-state index is 11.0. The lowest BCUT2D eigenvalue weighted by Gasteiger charge is -2.07. The monoisotopic (exact) mass is 236 g/mol. The highest BCUT2D eigenvalue weighted by Crippen LogP contribution is 2.14. The van der Waals surface area contributed by atoms with Crippen LogP contribution in [0.25, 0.3) is 0 Å². The van der Waals surface area contributed by atoms with Crippen molar-refractivity contribution in [3.8, 4) is 0 Å². The highest BCUT2D eigenvalue weighted by molar-refractivity contribution is 5.88. The van der Waals surface area contributed by atoms with Crippen LogP contribution in [0, 0.1) is 0 Å². The summed E-state index contributed by atoms with van der Waals surface area (Å²) in [5.41, 5.74) is 13.4. The van der Waals surface area contributed by atoms with Gasteiger partial charge in [0.2, 0.25) is 0 Å². The number of rotatable bonds is 7. The Bertz CT molecular complexity index is 351. The van der Waals surface area contributed by atoms with Gasteiger partial charge in [-0.1, -0.05) is 6.07 Å². The molecule has 0 spiro atoms. The van der Waals surface area contributed by atoms with E-state index in [1.54, 1.807) is 12.1 Å². The van der Waals surface area contributed by atoms with Gasteiger partial charge in [-0.2, -0.15) is 0 Å². The van der Waals surface area contributed by atoms with Crippen LogP contribution in [0.4, 0.5) is 0 Å². The third-order valence-corrected chi connectivity index (χ3v) is 2.64. The van der Waals surface area contributed by atoms with Gasteiger partial charge in [0.25, 0.3) is 0 Å². The van der Waals surface area contributed by atoms with Gasteiger partial charge in [-0.05, 0) is 62.0 Å². The van der Waals surface area contributed by atoms with Gasteiger partial charge < -0.3 is 16.6 Å². The van der Waals surface area contributed by atoms with Crippen LogP contribution in [0.5, 0.6) is 0 Å². The molecule has 1 aromatic carbocycles.